The van der Waals surface area contributed by atoms with E-state index in [1.807, 2.05) is 20.8 Å². The molecule has 26 heavy (non-hydrogen) atoms. The van der Waals surface area contributed by atoms with Crippen molar-refractivity contribution in [3.63, 3.8) is 0 Å². The molecule has 0 aliphatic carbocycles. The topological polar surface area (TPSA) is 87.3 Å². The van der Waals surface area contributed by atoms with Gasteiger partial charge in [0.05, 0.1) is 12.2 Å². The second-order valence-electron chi connectivity index (χ2n) is 7.14. The van der Waals surface area contributed by atoms with Crippen LogP contribution in [-0.2, 0) is 17.7 Å². The Kier molecular flexibility index (Phi) is 4.67. The standard InChI is InChI=1S/C18H21FN4O3/c1-18(2,3)26-17(25)23-9-8-13-14(10-23)21-22-15(13)20-16(24)11-4-6-12(19)7-5-11/h4-7H,8-10H2,1-3H3,(H2,20,21,22,24). The highest BCUT2D eigenvalue weighted by Gasteiger charge is 2.28. The summed E-state index contributed by atoms with van der Waals surface area (Å²) in [5.74, 6) is -0.340. The number of H-pyrrole nitrogens is 1. The molecule has 2 N–H and O–H groups in total. The van der Waals surface area contributed by atoms with Crippen LogP contribution in [0.3, 0.4) is 0 Å². The number of halogens is 1. The number of aromatic amines is 1. The maximum Gasteiger partial charge on any atom is 0.410 e. The summed E-state index contributed by atoms with van der Waals surface area (Å²) in [7, 11) is 0. The molecular weight excluding hydrogens is 339 g/mol. The summed E-state index contributed by atoms with van der Waals surface area (Å²) in [6.07, 6.45) is 0.166. The van der Waals surface area contributed by atoms with Crippen molar-refractivity contribution < 1.29 is 18.7 Å². The van der Waals surface area contributed by atoms with Gasteiger partial charge < -0.3 is 15.0 Å². The van der Waals surface area contributed by atoms with Gasteiger partial charge in [0, 0.05) is 17.7 Å². The van der Waals surface area contributed by atoms with Gasteiger partial charge in [0.2, 0.25) is 0 Å². The van der Waals surface area contributed by atoms with Crippen LogP contribution in [0.4, 0.5) is 15.0 Å². The number of carbonyl (C=O) groups excluding carboxylic acids is 2. The number of nitrogens with zero attached hydrogens (tertiary/aromatic N) is 2. The van der Waals surface area contributed by atoms with Crippen LogP contribution in [0.5, 0.6) is 0 Å². The molecule has 0 bridgehead atoms. The van der Waals surface area contributed by atoms with Crippen LogP contribution in [0.25, 0.3) is 0 Å². The minimum atomic E-state index is -0.556. The number of nitrogens with one attached hydrogen (secondary N) is 2. The van der Waals surface area contributed by atoms with Gasteiger partial charge in [0.1, 0.15) is 11.4 Å². The van der Waals surface area contributed by atoms with Crippen molar-refractivity contribution in [1.29, 1.82) is 0 Å². The summed E-state index contributed by atoms with van der Waals surface area (Å²) in [5, 5.41) is 9.73. The van der Waals surface area contributed by atoms with Crippen molar-refractivity contribution in [1.82, 2.24) is 15.1 Å². The summed E-state index contributed by atoms with van der Waals surface area (Å²) < 4.78 is 18.3. The number of hydrogen-bond donors (Lipinski definition) is 2. The van der Waals surface area contributed by atoms with Crippen molar-refractivity contribution in [2.75, 3.05) is 11.9 Å². The number of carbonyl (C=O) groups is 2. The van der Waals surface area contributed by atoms with Crippen molar-refractivity contribution in [3.05, 3.63) is 46.9 Å². The molecule has 0 unspecified atom stereocenters. The fraction of sp³-hybridized carbons (Fsp3) is 0.389. The zero-order valence-electron chi connectivity index (χ0n) is 14.9. The molecule has 2 amide bonds. The highest BCUT2D eigenvalue weighted by Crippen LogP contribution is 2.25. The third-order valence-electron chi connectivity index (χ3n) is 3.92. The number of anilines is 1. The van der Waals surface area contributed by atoms with Gasteiger partial charge in [-0.15, -0.1) is 0 Å². The fourth-order valence-electron chi connectivity index (χ4n) is 2.68. The lowest BCUT2D eigenvalue weighted by atomic mass is 10.1. The maximum atomic E-state index is 13.0. The monoisotopic (exact) mass is 360 g/mol. The lowest BCUT2D eigenvalue weighted by Gasteiger charge is -2.29. The largest absolute Gasteiger partial charge is 0.444 e. The Labute approximate surface area is 150 Å². The van der Waals surface area contributed by atoms with Crippen LogP contribution in [-0.4, -0.2) is 39.2 Å². The highest BCUT2D eigenvalue weighted by molar-refractivity contribution is 6.04. The minimum Gasteiger partial charge on any atom is -0.444 e. The first-order chi connectivity index (χ1) is 12.2. The average molecular weight is 360 g/mol. The lowest BCUT2D eigenvalue weighted by Crippen LogP contribution is -2.39. The van der Waals surface area contributed by atoms with Gasteiger partial charge >= 0.3 is 6.09 Å². The number of rotatable bonds is 2. The first kappa shape index (κ1) is 17.9. The molecule has 2 heterocycles. The quantitative estimate of drug-likeness (QED) is 0.861. The molecule has 1 aromatic heterocycles. The van der Waals surface area contributed by atoms with E-state index in [2.05, 4.69) is 15.5 Å². The first-order valence-electron chi connectivity index (χ1n) is 8.34. The number of ether oxygens (including phenoxy) is 1. The van der Waals surface area contributed by atoms with E-state index in [0.29, 0.717) is 30.9 Å². The molecule has 1 aromatic carbocycles. The second kappa shape index (κ2) is 6.78. The highest BCUT2D eigenvalue weighted by atomic mass is 19.1. The average Bonchev–Trinajstić information content (AvgIpc) is 2.96. The number of amides is 2. The van der Waals surface area contributed by atoms with Crippen LogP contribution < -0.4 is 5.32 Å². The van der Waals surface area contributed by atoms with Crippen molar-refractivity contribution in [3.8, 4) is 0 Å². The second-order valence-corrected chi connectivity index (χ2v) is 7.14. The number of benzene rings is 1. The van der Waals surface area contributed by atoms with Crippen molar-refractivity contribution >= 4 is 17.8 Å². The van der Waals surface area contributed by atoms with E-state index in [1.54, 1.807) is 4.90 Å². The fourth-order valence-corrected chi connectivity index (χ4v) is 2.68. The summed E-state index contributed by atoms with van der Waals surface area (Å²) in [6, 6.07) is 5.28. The molecule has 1 aliphatic rings. The Hall–Kier alpha value is -2.90. The number of fused-ring (bicyclic) bond motifs is 1. The molecule has 0 saturated carbocycles. The predicted octanol–water partition coefficient (Wildman–Crippen LogP) is 3.09. The first-order valence-corrected chi connectivity index (χ1v) is 8.34. The smallest absolute Gasteiger partial charge is 0.410 e. The van der Waals surface area contributed by atoms with E-state index in [4.69, 9.17) is 4.74 Å². The van der Waals surface area contributed by atoms with E-state index in [9.17, 15) is 14.0 Å². The van der Waals surface area contributed by atoms with Crippen LogP contribution in [0, 0.1) is 5.82 Å². The maximum absolute atomic E-state index is 13.0. The van der Waals surface area contributed by atoms with Gasteiger partial charge in [-0.2, -0.15) is 5.10 Å². The molecule has 0 radical (unpaired) electrons. The van der Waals surface area contributed by atoms with Gasteiger partial charge in [-0.05, 0) is 51.5 Å². The molecule has 2 aromatic rings. The Bertz CT molecular complexity index is 824. The van der Waals surface area contributed by atoms with Gasteiger partial charge in [0.15, 0.2) is 5.82 Å². The molecule has 138 valence electrons. The Morgan fingerprint density at radius 3 is 2.62 bits per heavy atom. The molecule has 0 saturated heterocycles. The van der Waals surface area contributed by atoms with Crippen LogP contribution in [0.1, 0.15) is 42.4 Å². The van der Waals surface area contributed by atoms with Gasteiger partial charge in [0.25, 0.3) is 5.91 Å². The molecule has 7 nitrogen and oxygen atoms in total. The van der Waals surface area contributed by atoms with E-state index in [0.717, 1.165) is 11.3 Å². The van der Waals surface area contributed by atoms with E-state index < -0.39 is 11.4 Å². The Morgan fingerprint density at radius 2 is 1.96 bits per heavy atom. The zero-order chi connectivity index (χ0) is 18.9. The summed E-state index contributed by atoms with van der Waals surface area (Å²) in [5.41, 5.74) is 1.41. The molecule has 0 atom stereocenters. The molecule has 8 heteroatoms. The van der Waals surface area contributed by atoms with E-state index >= 15 is 0 Å². The predicted molar refractivity (Wildman–Crippen MR) is 93.3 cm³/mol. The molecule has 1 aliphatic heterocycles. The SMILES string of the molecule is CC(C)(C)OC(=O)N1CCc2c(NC(=O)c3ccc(F)cc3)n[nH]c2C1. The lowest BCUT2D eigenvalue weighted by molar-refractivity contribution is 0.0221. The minimum absolute atomic E-state index is 0.337. The Balaban J connectivity index is 1.68. The summed E-state index contributed by atoms with van der Waals surface area (Å²) >= 11 is 0. The van der Waals surface area contributed by atoms with Gasteiger partial charge in [-0.1, -0.05) is 0 Å². The van der Waals surface area contributed by atoms with Crippen molar-refractivity contribution in [2.45, 2.75) is 39.3 Å². The van der Waals surface area contributed by atoms with Crippen molar-refractivity contribution in [2.24, 2.45) is 0 Å². The van der Waals surface area contributed by atoms with E-state index in [1.165, 1.54) is 24.3 Å². The third kappa shape index (κ3) is 4.01. The zero-order valence-corrected chi connectivity index (χ0v) is 14.9. The molecule has 3 rings (SSSR count). The molecule has 0 spiro atoms. The Morgan fingerprint density at radius 1 is 1.27 bits per heavy atom. The van der Waals surface area contributed by atoms with Gasteiger partial charge in [-0.3, -0.25) is 9.89 Å². The molecular formula is C18H21FN4O3. The third-order valence-corrected chi connectivity index (χ3v) is 3.92. The normalized spacial score (nSPS) is 13.9. The molecule has 0 fully saturated rings. The summed E-state index contributed by atoms with van der Waals surface area (Å²) in [6.45, 7) is 6.27. The van der Waals surface area contributed by atoms with Gasteiger partial charge in [-0.25, -0.2) is 9.18 Å². The number of aromatic nitrogens is 2. The van der Waals surface area contributed by atoms with E-state index in [-0.39, 0.29) is 12.0 Å². The van der Waals surface area contributed by atoms with Crippen LogP contribution in [0.2, 0.25) is 0 Å². The van der Waals surface area contributed by atoms with Crippen LogP contribution in [0.15, 0.2) is 24.3 Å². The van der Waals surface area contributed by atoms with Crippen LogP contribution >= 0.6 is 0 Å². The number of hydrogen-bond acceptors (Lipinski definition) is 4. The summed E-state index contributed by atoms with van der Waals surface area (Å²) in [4.78, 5) is 26.1.